The van der Waals surface area contributed by atoms with E-state index in [4.69, 9.17) is 23.9 Å². The fourth-order valence-corrected chi connectivity index (χ4v) is 2.73. The lowest BCUT2D eigenvalue weighted by molar-refractivity contribution is 0.0699. The molecule has 0 saturated heterocycles. The van der Waals surface area contributed by atoms with E-state index < -0.39 is 0 Å². The van der Waals surface area contributed by atoms with Crippen molar-refractivity contribution in [3.63, 3.8) is 0 Å². The summed E-state index contributed by atoms with van der Waals surface area (Å²) >= 11 is 0. The van der Waals surface area contributed by atoms with Gasteiger partial charge in [-0.1, -0.05) is 12.1 Å². The molecule has 2 rings (SSSR count). The van der Waals surface area contributed by atoms with Gasteiger partial charge in [-0.05, 0) is 62.2 Å². The zero-order chi connectivity index (χ0) is 22.3. The van der Waals surface area contributed by atoms with Gasteiger partial charge in [-0.2, -0.15) is 0 Å². The molecule has 0 aliphatic carbocycles. The molecule has 0 atom stereocenters. The zero-order valence-corrected chi connectivity index (χ0v) is 19.0. The van der Waals surface area contributed by atoms with Crippen molar-refractivity contribution in [1.29, 1.82) is 0 Å². The van der Waals surface area contributed by atoms with Gasteiger partial charge >= 0.3 is 0 Å². The molecule has 0 aliphatic heterocycles. The van der Waals surface area contributed by atoms with Crippen molar-refractivity contribution in [2.75, 3.05) is 45.9 Å². The Morgan fingerprint density at radius 1 is 0.968 bits per heavy atom. The van der Waals surface area contributed by atoms with Crippen molar-refractivity contribution in [3.05, 3.63) is 54.1 Å². The van der Waals surface area contributed by atoms with Gasteiger partial charge in [0, 0.05) is 25.9 Å². The van der Waals surface area contributed by atoms with Gasteiger partial charge in [0.05, 0.1) is 33.0 Å². The number of aliphatic imine (C=N–C) groups is 1. The molecule has 0 aliphatic rings. The quantitative estimate of drug-likeness (QED) is 0.284. The first-order valence-corrected chi connectivity index (χ1v) is 10.6. The minimum Gasteiger partial charge on any atom is -0.497 e. The molecule has 0 aromatic heterocycles. The lowest BCUT2D eigenvalue weighted by Crippen LogP contribution is -2.32. The topological polar surface area (TPSA) is 73.3 Å². The number of nitrogens with zero attached hydrogens (tertiary/aromatic N) is 1. The summed E-state index contributed by atoms with van der Waals surface area (Å²) in [4.78, 5) is 4.73. The normalized spacial score (nSPS) is 11.5. The van der Waals surface area contributed by atoms with E-state index in [1.165, 1.54) is 0 Å². The molecule has 2 aromatic carbocycles. The Labute approximate surface area is 185 Å². The summed E-state index contributed by atoms with van der Waals surface area (Å²) < 4.78 is 21.5. The first-order valence-electron chi connectivity index (χ1n) is 10.6. The highest BCUT2D eigenvalue weighted by atomic mass is 16.5. The maximum atomic E-state index is 5.71. The van der Waals surface area contributed by atoms with Gasteiger partial charge in [-0.15, -0.1) is 0 Å². The Hall–Kier alpha value is -2.77. The maximum Gasteiger partial charge on any atom is 0.196 e. The smallest absolute Gasteiger partial charge is 0.196 e. The number of anilines is 1. The molecule has 0 fully saturated rings. The molecule has 7 heteroatoms. The van der Waals surface area contributed by atoms with Crippen molar-refractivity contribution in [2.24, 2.45) is 4.99 Å². The highest BCUT2D eigenvalue weighted by Crippen LogP contribution is 2.17. The number of hydrogen-bond acceptors (Lipinski definition) is 5. The second kappa shape index (κ2) is 14.3. The second-order valence-corrected chi connectivity index (χ2v) is 7.22. The predicted octanol–water partition coefficient (Wildman–Crippen LogP) is 4.09. The molecule has 7 nitrogen and oxygen atoms in total. The van der Waals surface area contributed by atoms with Crippen LogP contribution in [0.4, 0.5) is 5.69 Å². The third-order valence-corrected chi connectivity index (χ3v) is 4.23. The number of nitrogens with one attached hydrogen (secondary N) is 2. The third kappa shape index (κ3) is 10.2. The summed E-state index contributed by atoms with van der Waals surface area (Å²) in [6, 6.07) is 15.8. The lowest BCUT2D eigenvalue weighted by Gasteiger charge is -2.14. The van der Waals surface area contributed by atoms with Crippen LogP contribution in [0.15, 0.2) is 53.5 Å². The van der Waals surface area contributed by atoms with Crippen LogP contribution in [-0.4, -0.2) is 52.6 Å². The third-order valence-electron chi connectivity index (χ3n) is 4.23. The predicted molar refractivity (Wildman–Crippen MR) is 125 cm³/mol. The number of rotatable bonds is 13. The molecule has 2 aromatic rings. The first kappa shape index (κ1) is 24.5. The molecular weight excluding hydrogens is 394 g/mol. The van der Waals surface area contributed by atoms with Gasteiger partial charge in [0.25, 0.3) is 0 Å². The Balaban J connectivity index is 1.97. The fourth-order valence-electron chi connectivity index (χ4n) is 2.73. The number of benzene rings is 2. The van der Waals surface area contributed by atoms with Gasteiger partial charge in [0.15, 0.2) is 5.96 Å². The van der Waals surface area contributed by atoms with E-state index >= 15 is 0 Å². The number of hydrogen-bond donors (Lipinski definition) is 2. The van der Waals surface area contributed by atoms with Gasteiger partial charge in [-0.3, -0.25) is 0 Å². The van der Waals surface area contributed by atoms with Crippen molar-refractivity contribution in [1.82, 2.24) is 5.32 Å². The van der Waals surface area contributed by atoms with E-state index in [2.05, 4.69) is 10.6 Å². The van der Waals surface area contributed by atoms with Crippen LogP contribution in [-0.2, 0) is 16.0 Å². The van der Waals surface area contributed by atoms with E-state index in [1.54, 1.807) is 14.2 Å². The van der Waals surface area contributed by atoms with Crippen LogP contribution in [0.3, 0.4) is 0 Å². The Bertz CT molecular complexity index is 779. The van der Waals surface area contributed by atoms with Crippen molar-refractivity contribution >= 4 is 11.6 Å². The van der Waals surface area contributed by atoms with Gasteiger partial charge in [0.1, 0.15) is 11.5 Å². The maximum absolute atomic E-state index is 5.71. The molecular formula is C24H35N3O4. The SMILES string of the molecule is COCCOCCCNC(=NCc1cccc(OC)c1)Nc1ccc(OC(C)C)cc1. The Morgan fingerprint density at radius 3 is 2.48 bits per heavy atom. The summed E-state index contributed by atoms with van der Waals surface area (Å²) in [6.07, 6.45) is 1.01. The Morgan fingerprint density at radius 2 is 1.77 bits per heavy atom. The molecule has 0 radical (unpaired) electrons. The summed E-state index contributed by atoms with van der Waals surface area (Å²) in [7, 11) is 3.33. The van der Waals surface area contributed by atoms with Crippen LogP contribution >= 0.6 is 0 Å². The molecule has 0 spiro atoms. The van der Waals surface area contributed by atoms with Crippen molar-refractivity contribution in [3.8, 4) is 11.5 Å². The van der Waals surface area contributed by atoms with Gasteiger partial charge < -0.3 is 29.6 Å². The van der Waals surface area contributed by atoms with Crippen LogP contribution in [0.2, 0.25) is 0 Å². The first-order chi connectivity index (χ1) is 15.1. The van der Waals surface area contributed by atoms with Crippen LogP contribution in [0.5, 0.6) is 11.5 Å². The minimum atomic E-state index is 0.145. The van der Waals surface area contributed by atoms with E-state index in [0.717, 1.165) is 35.7 Å². The molecule has 0 bridgehead atoms. The molecule has 0 amide bonds. The summed E-state index contributed by atoms with van der Waals surface area (Å²) in [5.74, 6) is 2.37. The zero-order valence-electron chi connectivity index (χ0n) is 19.0. The standard InChI is InChI=1S/C24H35N3O4/c1-19(2)31-22-11-9-21(10-12-22)27-24(25-13-6-14-30-16-15-28-3)26-18-20-7-5-8-23(17-20)29-4/h5,7-12,17,19H,6,13-16,18H2,1-4H3,(H2,25,26,27). The molecule has 0 heterocycles. The van der Waals surface area contributed by atoms with Crippen molar-refractivity contribution in [2.45, 2.75) is 32.9 Å². The van der Waals surface area contributed by atoms with E-state index in [0.29, 0.717) is 32.3 Å². The summed E-state index contributed by atoms with van der Waals surface area (Å²) in [5, 5.41) is 6.73. The summed E-state index contributed by atoms with van der Waals surface area (Å²) in [5.41, 5.74) is 2.01. The lowest BCUT2D eigenvalue weighted by atomic mass is 10.2. The van der Waals surface area contributed by atoms with Crippen molar-refractivity contribution < 1.29 is 18.9 Å². The molecule has 170 valence electrons. The van der Waals surface area contributed by atoms with E-state index in [-0.39, 0.29) is 6.10 Å². The van der Waals surface area contributed by atoms with Crippen LogP contribution in [0.1, 0.15) is 25.8 Å². The molecule has 0 saturated carbocycles. The minimum absolute atomic E-state index is 0.145. The number of guanidine groups is 1. The fraction of sp³-hybridized carbons (Fsp3) is 0.458. The Kier molecular flexibility index (Phi) is 11.3. The van der Waals surface area contributed by atoms with Crippen LogP contribution in [0, 0.1) is 0 Å². The molecule has 2 N–H and O–H groups in total. The highest BCUT2D eigenvalue weighted by molar-refractivity contribution is 5.93. The average molecular weight is 430 g/mol. The van der Waals surface area contributed by atoms with Gasteiger partial charge in [0.2, 0.25) is 0 Å². The van der Waals surface area contributed by atoms with Crippen LogP contribution < -0.4 is 20.1 Å². The average Bonchev–Trinajstić information content (AvgIpc) is 2.77. The van der Waals surface area contributed by atoms with E-state index in [9.17, 15) is 0 Å². The molecule has 0 unspecified atom stereocenters. The van der Waals surface area contributed by atoms with E-state index in [1.807, 2.05) is 62.4 Å². The second-order valence-electron chi connectivity index (χ2n) is 7.22. The highest BCUT2D eigenvalue weighted by Gasteiger charge is 2.03. The van der Waals surface area contributed by atoms with Crippen LogP contribution in [0.25, 0.3) is 0 Å². The summed E-state index contributed by atoms with van der Waals surface area (Å²) in [6.45, 7) is 7.18. The number of methoxy groups -OCH3 is 2. The molecule has 31 heavy (non-hydrogen) atoms. The number of ether oxygens (including phenoxy) is 4. The largest absolute Gasteiger partial charge is 0.497 e. The monoisotopic (exact) mass is 429 g/mol. The van der Waals surface area contributed by atoms with Gasteiger partial charge in [-0.25, -0.2) is 4.99 Å².